The second-order valence-electron chi connectivity index (χ2n) is 6.92. The summed E-state index contributed by atoms with van der Waals surface area (Å²) in [4.78, 5) is 2.23. The molecule has 1 aliphatic heterocycles. The van der Waals surface area contributed by atoms with E-state index in [2.05, 4.69) is 22.3 Å². The molecular weight excluding hydrogens is 333 g/mol. The van der Waals surface area contributed by atoms with Crippen molar-refractivity contribution in [1.29, 1.82) is 0 Å². The summed E-state index contributed by atoms with van der Waals surface area (Å²) in [5, 5.41) is 12.7. The smallest absolute Gasteiger partial charge is 0.379 e. The van der Waals surface area contributed by atoms with Gasteiger partial charge in [-0.2, -0.15) is 13.2 Å². The van der Waals surface area contributed by atoms with E-state index < -0.39 is 24.2 Å². The van der Waals surface area contributed by atoms with Crippen molar-refractivity contribution < 1.29 is 23.0 Å². The highest BCUT2D eigenvalue weighted by molar-refractivity contribution is 5.14. The van der Waals surface area contributed by atoms with E-state index in [-0.39, 0.29) is 12.6 Å². The Hall–Kier alpha value is -1.15. The molecule has 1 aromatic carbocycles. The van der Waals surface area contributed by atoms with E-state index >= 15 is 0 Å². The normalized spacial score (nSPS) is 22.1. The van der Waals surface area contributed by atoms with E-state index in [0.29, 0.717) is 13.2 Å². The minimum atomic E-state index is -4.67. The molecule has 0 radical (unpaired) electrons. The number of halogens is 3. The molecule has 0 spiro atoms. The fourth-order valence-electron chi connectivity index (χ4n) is 2.94. The van der Waals surface area contributed by atoms with Crippen LogP contribution in [0, 0.1) is 5.92 Å². The van der Waals surface area contributed by atoms with Gasteiger partial charge in [-0.1, -0.05) is 44.2 Å². The number of hydrogen-bond acceptors (Lipinski definition) is 4. The number of nitrogens with one attached hydrogen (secondary N) is 1. The third kappa shape index (κ3) is 5.41. The predicted octanol–water partition coefficient (Wildman–Crippen LogP) is 2.43. The van der Waals surface area contributed by atoms with E-state index in [1.54, 1.807) is 0 Å². The summed E-state index contributed by atoms with van der Waals surface area (Å²) in [6.45, 7) is 5.26. The van der Waals surface area contributed by atoms with E-state index in [1.807, 2.05) is 18.2 Å². The zero-order valence-corrected chi connectivity index (χ0v) is 14.7. The molecule has 1 aromatic rings. The van der Waals surface area contributed by atoms with Gasteiger partial charge in [0.15, 0.2) is 5.60 Å². The molecular formula is C18H27F3N2O2. The zero-order valence-electron chi connectivity index (χ0n) is 14.7. The van der Waals surface area contributed by atoms with E-state index in [4.69, 9.17) is 4.74 Å². The van der Waals surface area contributed by atoms with Gasteiger partial charge in [0.2, 0.25) is 0 Å². The molecule has 1 saturated heterocycles. The van der Waals surface area contributed by atoms with Crippen molar-refractivity contribution in [2.24, 2.45) is 5.92 Å². The van der Waals surface area contributed by atoms with Crippen LogP contribution in [0.15, 0.2) is 30.3 Å². The van der Waals surface area contributed by atoms with E-state index in [1.165, 1.54) is 19.4 Å². The summed E-state index contributed by atoms with van der Waals surface area (Å²) >= 11 is 0. The van der Waals surface area contributed by atoms with Crippen LogP contribution in [0.3, 0.4) is 0 Å². The first-order valence-electron chi connectivity index (χ1n) is 8.60. The highest BCUT2D eigenvalue weighted by Crippen LogP contribution is 2.35. The summed E-state index contributed by atoms with van der Waals surface area (Å²) in [5.74, 6) is -0.929. The minimum absolute atomic E-state index is 0.192. The van der Waals surface area contributed by atoms with Gasteiger partial charge in [-0.25, -0.2) is 0 Å². The summed E-state index contributed by atoms with van der Waals surface area (Å²) < 4.78 is 44.9. The van der Waals surface area contributed by atoms with Crippen LogP contribution >= 0.6 is 0 Å². The lowest BCUT2D eigenvalue weighted by Gasteiger charge is -2.36. The van der Waals surface area contributed by atoms with Crippen LogP contribution in [-0.2, 0) is 11.3 Å². The SMILES string of the molecule is CC(C)C(O)(CNCC1CN(Cc2ccccc2)CCO1)C(F)(F)F. The molecule has 1 heterocycles. The Morgan fingerprint density at radius 2 is 1.96 bits per heavy atom. The zero-order chi connectivity index (χ0) is 18.5. The fourth-order valence-corrected chi connectivity index (χ4v) is 2.94. The van der Waals surface area contributed by atoms with Gasteiger partial charge < -0.3 is 15.2 Å². The van der Waals surface area contributed by atoms with Crippen molar-refractivity contribution in [1.82, 2.24) is 10.2 Å². The highest BCUT2D eigenvalue weighted by Gasteiger charge is 2.55. The van der Waals surface area contributed by atoms with E-state index in [9.17, 15) is 18.3 Å². The summed E-state index contributed by atoms with van der Waals surface area (Å²) in [6.07, 6.45) is -4.86. The summed E-state index contributed by atoms with van der Waals surface area (Å²) in [5.41, 5.74) is -1.53. The molecule has 0 aromatic heterocycles. The first-order chi connectivity index (χ1) is 11.7. The highest BCUT2D eigenvalue weighted by atomic mass is 19.4. The van der Waals surface area contributed by atoms with Gasteiger partial charge in [0.25, 0.3) is 0 Å². The van der Waals surface area contributed by atoms with Crippen molar-refractivity contribution in [3.05, 3.63) is 35.9 Å². The second kappa shape index (κ2) is 8.49. The Morgan fingerprint density at radius 3 is 2.56 bits per heavy atom. The molecule has 1 fully saturated rings. The first-order valence-corrected chi connectivity index (χ1v) is 8.60. The third-order valence-corrected chi connectivity index (χ3v) is 4.68. The Balaban J connectivity index is 1.82. The van der Waals surface area contributed by atoms with Crippen LogP contribution in [0.2, 0.25) is 0 Å². The molecule has 0 saturated carbocycles. The third-order valence-electron chi connectivity index (χ3n) is 4.68. The van der Waals surface area contributed by atoms with Crippen molar-refractivity contribution >= 4 is 0 Å². The van der Waals surface area contributed by atoms with Crippen molar-refractivity contribution in [2.75, 3.05) is 32.8 Å². The van der Waals surface area contributed by atoms with Gasteiger partial charge in [0.05, 0.1) is 12.7 Å². The molecule has 1 aliphatic rings. The number of aliphatic hydroxyl groups is 1. The monoisotopic (exact) mass is 360 g/mol. The molecule has 2 rings (SSSR count). The van der Waals surface area contributed by atoms with Gasteiger partial charge in [0, 0.05) is 32.7 Å². The number of ether oxygens (including phenoxy) is 1. The number of hydrogen-bond donors (Lipinski definition) is 2. The summed E-state index contributed by atoms with van der Waals surface area (Å²) in [7, 11) is 0. The summed E-state index contributed by atoms with van der Waals surface area (Å²) in [6, 6.07) is 10.0. The maximum Gasteiger partial charge on any atom is 0.418 e. The van der Waals surface area contributed by atoms with Gasteiger partial charge in [-0.05, 0) is 11.5 Å². The molecule has 2 atom stereocenters. The maximum absolute atomic E-state index is 13.1. The first kappa shape index (κ1) is 20.2. The van der Waals surface area contributed by atoms with Crippen molar-refractivity contribution in [3.8, 4) is 0 Å². The molecule has 7 heteroatoms. The van der Waals surface area contributed by atoms with Gasteiger partial charge in [-0.3, -0.25) is 4.90 Å². The predicted molar refractivity (Wildman–Crippen MR) is 90.2 cm³/mol. The average Bonchev–Trinajstić information content (AvgIpc) is 2.55. The van der Waals surface area contributed by atoms with Gasteiger partial charge in [-0.15, -0.1) is 0 Å². The second-order valence-corrected chi connectivity index (χ2v) is 6.92. The van der Waals surface area contributed by atoms with Crippen LogP contribution in [0.5, 0.6) is 0 Å². The van der Waals surface area contributed by atoms with Crippen LogP contribution in [0.1, 0.15) is 19.4 Å². The quantitative estimate of drug-likeness (QED) is 0.784. The molecule has 0 amide bonds. The lowest BCUT2D eigenvalue weighted by Crippen LogP contribution is -2.57. The molecule has 4 nitrogen and oxygen atoms in total. The Kier molecular flexibility index (Phi) is 6.85. The number of alkyl halides is 3. The topological polar surface area (TPSA) is 44.7 Å². The molecule has 0 bridgehead atoms. The van der Waals surface area contributed by atoms with Gasteiger partial charge >= 0.3 is 6.18 Å². The number of morpholine rings is 1. The Bertz CT molecular complexity index is 525. The number of benzene rings is 1. The average molecular weight is 360 g/mol. The fraction of sp³-hybridized carbons (Fsp3) is 0.667. The molecule has 2 N–H and O–H groups in total. The van der Waals surface area contributed by atoms with Crippen LogP contribution in [0.25, 0.3) is 0 Å². The standard InChI is InChI=1S/C18H27F3N2O2/c1-14(2)17(24,18(19,20)21)13-22-10-16-12-23(8-9-25-16)11-15-6-4-3-5-7-15/h3-7,14,16,22,24H,8-13H2,1-2H3. The Labute approximate surface area is 147 Å². The van der Waals surface area contributed by atoms with E-state index in [0.717, 1.165) is 13.1 Å². The lowest BCUT2D eigenvalue weighted by molar-refractivity contribution is -0.273. The van der Waals surface area contributed by atoms with Gasteiger partial charge in [0.1, 0.15) is 0 Å². The van der Waals surface area contributed by atoms with Crippen LogP contribution in [-0.4, -0.2) is 60.7 Å². The minimum Gasteiger partial charge on any atom is -0.379 e. The molecule has 25 heavy (non-hydrogen) atoms. The van der Waals surface area contributed by atoms with Crippen LogP contribution in [0.4, 0.5) is 13.2 Å². The maximum atomic E-state index is 13.1. The largest absolute Gasteiger partial charge is 0.418 e. The number of rotatable bonds is 7. The van der Waals surface area contributed by atoms with Crippen LogP contribution < -0.4 is 5.32 Å². The molecule has 142 valence electrons. The van der Waals surface area contributed by atoms with Crippen molar-refractivity contribution in [3.63, 3.8) is 0 Å². The lowest BCUT2D eigenvalue weighted by atomic mass is 9.89. The molecule has 0 aliphatic carbocycles. The number of nitrogens with zero attached hydrogens (tertiary/aromatic N) is 1. The molecule has 2 unspecified atom stereocenters. The Morgan fingerprint density at radius 1 is 1.28 bits per heavy atom. The van der Waals surface area contributed by atoms with Crippen molar-refractivity contribution in [2.45, 2.75) is 38.3 Å².